The van der Waals surface area contributed by atoms with E-state index in [4.69, 9.17) is 21.3 Å². The van der Waals surface area contributed by atoms with Crippen LogP contribution in [0.4, 0.5) is 5.69 Å². The topological polar surface area (TPSA) is 225 Å². The minimum atomic E-state index is -2.70. The lowest BCUT2D eigenvalue weighted by molar-refractivity contribution is -0.134. The molecule has 0 saturated carbocycles. The number of rotatable bonds is 13. The van der Waals surface area contributed by atoms with Crippen LogP contribution in [0.3, 0.4) is 0 Å². The SMILES string of the molecule is O=C(O)c1ccccc1C(O)[C@H]1O[C@@H](N2C=NC3=C(NCC(c4ccccc4)c4ccccc4)N=C(Cl)N(c4ccccc4C(=O)O)C32)[C@@](O)(c2ccccc2C(=O)O)[C@@H]1O. The third kappa shape index (κ3) is 7.28. The van der Waals surface area contributed by atoms with Gasteiger partial charge in [0, 0.05) is 18.0 Å². The summed E-state index contributed by atoms with van der Waals surface area (Å²) in [6.45, 7) is 0.278. The van der Waals surface area contributed by atoms with Crippen molar-refractivity contribution >= 4 is 46.8 Å². The highest BCUT2D eigenvalue weighted by Gasteiger charge is 2.63. The number of aliphatic hydroxyl groups excluding tert-OH is 2. The van der Waals surface area contributed by atoms with Crippen LogP contribution < -0.4 is 10.2 Å². The molecule has 1 fully saturated rings. The van der Waals surface area contributed by atoms with E-state index in [1.165, 1.54) is 82.9 Å². The molecule has 0 radical (unpaired) electrons. The van der Waals surface area contributed by atoms with Crippen molar-refractivity contribution in [3.63, 3.8) is 0 Å². The van der Waals surface area contributed by atoms with Gasteiger partial charge in [-0.15, -0.1) is 0 Å². The van der Waals surface area contributed by atoms with Gasteiger partial charge in [-0.25, -0.2) is 24.4 Å². The highest BCUT2D eigenvalue weighted by atomic mass is 35.5. The Hall–Kier alpha value is -6.88. The van der Waals surface area contributed by atoms with Crippen molar-refractivity contribution in [2.24, 2.45) is 9.98 Å². The number of ether oxygens (including phenoxy) is 1. The molecule has 3 aliphatic rings. The van der Waals surface area contributed by atoms with Crippen LogP contribution in [0.5, 0.6) is 0 Å². The molecule has 3 aliphatic heterocycles. The predicted octanol–water partition coefficient (Wildman–Crippen LogP) is 5.16. The molecule has 5 aromatic carbocycles. The van der Waals surface area contributed by atoms with Gasteiger partial charge in [0.2, 0.25) is 5.29 Å². The number of aliphatic hydroxyl groups is 3. The van der Waals surface area contributed by atoms with Crippen molar-refractivity contribution in [1.82, 2.24) is 10.2 Å². The number of benzene rings is 5. The van der Waals surface area contributed by atoms with Crippen LogP contribution in [-0.4, -0.2) is 96.2 Å². The van der Waals surface area contributed by atoms with Gasteiger partial charge in [-0.2, -0.15) is 0 Å². The first-order chi connectivity index (χ1) is 29.4. The molecule has 15 nitrogen and oxygen atoms in total. The van der Waals surface area contributed by atoms with Gasteiger partial charge in [0.1, 0.15) is 24.0 Å². The van der Waals surface area contributed by atoms with E-state index in [-0.39, 0.29) is 57.2 Å². The van der Waals surface area contributed by atoms with Crippen LogP contribution in [0.1, 0.15) is 65.3 Å². The van der Waals surface area contributed by atoms with Gasteiger partial charge in [0.15, 0.2) is 23.8 Å². The molecule has 310 valence electrons. The average Bonchev–Trinajstić information content (AvgIpc) is 3.82. The number of fused-ring (bicyclic) bond motifs is 1. The van der Waals surface area contributed by atoms with Crippen molar-refractivity contribution in [1.29, 1.82) is 0 Å². The smallest absolute Gasteiger partial charge is 0.337 e. The average molecular weight is 844 g/mol. The van der Waals surface area contributed by atoms with Gasteiger partial charge in [0.25, 0.3) is 0 Å². The molecule has 0 spiro atoms. The third-order valence-electron chi connectivity index (χ3n) is 11.1. The second-order valence-corrected chi connectivity index (χ2v) is 14.9. The molecule has 7 N–H and O–H groups in total. The van der Waals surface area contributed by atoms with E-state index in [0.717, 1.165) is 11.1 Å². The van der Waals surface area contributed by atoms with Gasteiger partial charge in [-0.05, 0) is 52.6 Å². The summed E-state index contributed by atoms with van der Waals surface area (Å²) in [5.41, 5.74) is -1.80. The minimum absolute atomic E-state index is 0.0623. The van der Waals surface area contributed by atoms with Gasteiger partial charge in [0.05, 0.1) is 28.7 Å². The van der Waals surface area contributed by atoms with Gasteiger partial charge in [-0.1, -0.05) is 109 Å². The Morgan fingerprint density at radius 3 is 1.92 bits per heavy atom. The fourth-order valence-corrected chi connectivity index (χ4v) is 8.53. The summed E-state index contributed by atoms with van der Waals surface area (Å²) in [4.78, 5) is 49.7. The standard InChI is InChI=1S/C45H38ClN5O10/c46-44-49-38(47-23-31(25-13-3-1-4-14-25)26-15-5-2-6-16-26)34-39(51(44)33-22-12-10-20-30(33)42(58)59)50(24-48-34)43-45(60,32-21-11-9-19-29(32)41(56)57)37(53)36(61-43)35(52)27-17-7-8-18-28(27)40(54)55/h1-22,24,31,35-37,39,43,47,52-53,60H,23H2,(H,54,55)(H,56,57)(H,58,59)/t35?,36-,37-,39?,43-,45-/m1/s1. The van der Waals surface area contributed by atoms with Crippen LogP contribution in [0, 0.1) is 0 Å². The maximum absolute atomic E-state index is 13.0. The quantitative estimate of drug-likeness (QED) is 0.0762. The summed E-state index contributed by atoms with van der Waals surface area (Å²) >= 11 is 7.07. The first-order valence-corrected chi connectivity index (χ1v) is 19.4. The van der Waals surface area contributed by atoms with Crippen LogP contribution in [0.25, 0.3) is 0 Å². The molecule has 16 heteroatoms. The molecule has 1 saturated heterocycles. The fourth-order valence-electron chi connectivity index (χ4n) is 8.26. The van der Waals surface area contributed by atoms with Crippen LogP contribution in [0.2, 0.25) is 0 Å². The molecule has 61 heavy (non-hydrogen) atoms. The van der Waals surface area contributed by atoms with Gasteiger partial charge < -0.3 is 45.6 Å². The van der Waals surface area contributed by atoms with E-state index in [9.17, 15) is 45.0 Å². The summed E-state index contributed by atoms with van der Waals surface area (Å²) in [5.74, 6) is -4.15. The molecule has 3 heterocycles. The van der Waals surface area contributed by atoms with E-state index >= 15 is 0 Å². The number of aromatic carboxylic acids is 3. The zero-order valence-corrected chi connectivity index (χ0v) is 32.7. The Morgan fingerprint density at radius 1 is 0.754 bits per heavy atom. The maximum atomic E-state index is 13.0. The highest BCUT2D eigenvalue weighted by molar-refractivity contribution is 6.68. The number of carbonyl (C=O) groups is 3. The normalized spacial score (nSPS) is 22.5. The third-order valence-corrected chi connectivity index (χ3v) is 11.4. The molecule has 8 rings (SSSR count). The Balaban J connectivity index is 1.28. The molecular formula is C45H38ClN5O10. The number of carboxylic acid groups (broad SMARTS) is 3. The van der Waals surface area contributed by atoms with Crippen LogP contribution in [-0.2, 0) is 10.3 Å². The van der Waals surface area contributed by atoms with Crippen molar-refractivity contribution < 1.29 is 49.8 Å². The largest absolute Gasteiger partial charge is 0.478 e. The molecule has 0 aromatic heterocycles. The summed E-state index contributed by atoms with van der Waals surface area (Å²) in [6, 6.07) is 36.4. The summed E-state index contributed by atoms with van der Waals surface area (Å²) in [7, 11) is 0. The number of hydrogen-bond acceptors (Lipinski definition) is 12. The Kier molecular flexibility index (Phi) is 11.2. The summed E-state index contributed by atoms with van der Waals surface area (Å²) < 4.78 is 6.44. The monoisotopic (exact) mass is 843 g/mol. The molecule has 5 aromatic rings. The number of hydrogen-bond donors (Lipinski definition) is 7. The van der Waals surface area contributed by atoms with Gasteiger partial charge >= 0.3 is 17.9 Å². The van der Waals surface area contributed by atoms with Crippen molar-refractivity contribution in [2.45, 2.75) is 42.2 Å². The van der Waals surface area contributed by atoms with Crippen LogP contribution in [0.15, 0.2) is 155 Å². The Bertz CT molecular complexity index is 2550. The second-order valence-electron chi connectivity index (χ2n) is 14.5. The van der Waals surface area contributed by atoms with E-state index in [2.05, 4.69) is 10.3 Å². The number of anilines is 1. The number of halogens is 1. The maximum Gasteiger partial charge on any atom is 0.337 e. The summed E-state index contributed by atoms with van der Waals surface area (Å²) in [6.07, 6.45) is -7.60. The molecule has 6 atom stereocenters. The fraction of sp³-hybridized carbons (Fsp3) is 0.178. The van der Waals surface area contributed by atoms with Crippen LogP contribution >= 0.6 is 11.6 Å². The first kappa shape index (κ1) is 40.9. The minimum Gasteiger partial charge on any atom is -0.478 e. The van der Waals surface area contributed by atoms with Gasteiger partial charge in [-0.3, -0.25) is 4.90 Å². The molecule has 0 bridgehead atoms. The number of aliphatic imine (C=N–C) groups is 2. The number of carboxylic acids is 3. The van der Waals surface area contributed by atoms with E-state index in [1.807, 2.05) is 60.7 Å². The van der Waals surface area contributed by atoms with E-state index < -0.39 is 59.8 Å². The lowest BCUT2D eigenvalue weighted by Gasteiger charge is -2.44. The van der Waals surface area contributed by atoms with Crippen molar-refractivity contribution in [2.75, 3.05) is 11.4 Å². The second kappa shape index (κ2) is 16.6. The van der Waals surface area contributed by atoms with E-state index in [0.29, 0.717) is 0 Å². The Morgan fingerprint density at radius 2 is 1.30 bits per heavy atom. The predicted molar refractivity (Wildman–Crippen MR) is 223 cm³/mol. The summed E-state index contributed by atoms with van der Waals surface area (Å²) in [5, 5.41) is 70.8. The number of amidine groups is 1. The van der Waals surface area contributed by atoms with Crippen molar-refractivity contribution in [3.05, 3.63) is 184 Å². The van der Waals surface area contributed by atoms with Crippen molar-refractivity contribution in [3.8, 4) is 0 Å². The molecular weight excluding hydrogens is 806 g/mol. The lowest BCUT2D eigenvalue weighted by atomic mass is 9.81. The molecule has 2 unspecified atom stereocenters. The molecule has 0 amide bonds. The zero-order chi connectivity index (χ0) is 43.0. The highest BCUT2D eigenvalue weighted by Crippen LogP contribution is 2.49. The number of nitrogens with one attached hydrogen (secondary N) is 1. The lowest BCUT2D eigenvalue weighted by Crippen LogP contribution is -2.60. The zero-order valence-electron chi connectivity index (χ0n) is 31.9. The first-order valence-electron chi connectivity index (χ1n) is 19.1. The Labute approximate surface area is 353 Å². The van der Waals surface area contributed by atoms with E-state index in [1.54, 1.807) is 6.07 Å². The number of para-hydroxylation sites is 1. The number of nitrogens with zero attached hydrogens (tertiary/aromatic N) is 4. The molecule has 0 aliphatic carbocycles.